The highest BCUT2D eigenvalue weighted by molar-refractivity contribution is 5.82. The summed E-state index contributed by atoms with van der Waals surface area (Å²) in [5.41, 5.74) is 1.69. The summed E-state index contributed by atoms with van der Waals surface area (Å²) >= 11 is 0. The van der Waals surface area contributed by atoms with Crippen molar-refractivity contribution in [1.82, 2.24) is 9.88 Å². The summed E-state index contributed by atoms with van der Waals surface area (Å²) in [6, 6.07) is 12.5. The summed E-state index contributed by atoms with van der Waals surface area (Å²) in [7, 11) is 1.54. The van der Waals surface area contributed by atoms with Crippen molar-refractivity contribution in [1.29, 1.82) is 0 Å². The number of carboxylic acid groups (broad SMARTS) is 1. The molecule has 35 heavy (non-hydrogen) atoms. The van der Waals surface area contributed by atoms with Crippen LogP contribution in [0.3, 0.4) is 0 Å². The van der Waals surface area contributed by atoms with E-state index in [0.29, 0.717) is 49.0 Å². The van der Waals surface area contributed by atoms with Crippen LogP contribution in [0.15, 0.2) is 52.9 Å². The number of hydrogen-bond donors (Lipinski definition) is 1. The zero-order valence-corrected chi connectivity index (χ0v) is 19.9. The van der Waals surface area contributed by atoms with Gasteiger partial charge in [0.2, 0.25) is 0 Å². The number of carboxylic acids is 1. The first kappa shape index (κ1) is 24.1. The summed E-state index contributed by atoms with van der Waals surface area (Å²) in [4.78, 5) is 30.5. The molecule has 1 aliphatic rings. The van der Waals surface area contributed by atoms with E-state index >= 15 is 0 Å². The number of aromatic nitrogens is 1. The normalized spacial score (nSPS) is 17.3. The van der Waals surface area contributed by atoms with Crippen molar-refractivity contribution in [2.45, 2.75) is 45.2 Å². The van der Waals surface area contributed by atoms with Crippen molar-refractivity contribution >= 4 is 12.1 Å². The number of aryl methyl sites for hydroxylation is 2. The van der Waals surface area contributed by atoms with Gasteiger partial charge in [-0.2, -0.15) is 0 Å². The van der Waals surface area contributed by atoms with Gasteiger partial charge in [0.05, 0.1) is 25.5 Å². The fourth-order valence-corrected chi connectivity index (χ4v) is 4.29. The average molecular weight is 481 g/mol. The van der Waals surface area contributed by atoms with E-state index in [2.05, 4.69) is 4.98 Å². The van der Waals surface area contributed by atoms with E-state index in [0.717, 1.165) is 17.0 Å². The minimum absolute atomic E-state index is 0.312. The van der Waals surface area contributed by atoms with Crippen LogP contribution in [-0.4, -0.2) is 46.8 Å². The highest BCUT2D eigenvalue weighted by Crippen LogP contribution is 2.37. The predicted molar refractivity (Wildman–Crippen MR) is 126 cm³/mol. The number of ether oxygens (including phenoxy) is 3. The van der Waals surface area contributed by atoms with Gasteiger partial charge in [0.1, 0.15) is 29.1 Å². The molecule has 1 aromatic heterocycles. The van der Waals surface area contributed by atoms with Crippen LogP contribution in [-0.2, 0) is 11.2 Å². The number of likely N-dealkylation sites (tertiary alicyclic amines) is 1. The Morgan fingerprint density at radius 2 is 1.69 bits per heavy atom. The minimum Gasteiger partial charge on any atom is -0.497 e. The van der Waals surface area contributed by atoms with E-state index in [-0.39, 0.29) is 0 Å². The van der Waals surface area contributed by atoms with Crippen molar-refractivity contribution in [2.75, 3.05) is 13.7 Å². The standard InChI is InChI=1S/C26H28N2O7/c1-16-22(27-17(2)34-16)14-15-33-20-6-4-18(5-7-20)23-12-13-24(25(29)30)28(23)26(31)35-21-10-8-19(32-3)9-11-21/h4-11,23-24H,12-15H2,1-3H3,(H,29,30)/t23-,24-/m1/s1. The number of amides is 1. The van der Waals surface area contributed by atoms with Crippen molar-refractivity contribution in [3.63, 3.8) is 0 Å². The summed E-state index contributed by atoms with van der Waals surface area (Å²) in [5, 5.41) is 9.69. The second-order valence-corrected chi connectivity index (χ2v) is 8.30. The summed E-state index contributed by atoms with van der Waals surface area (Å²) in [6.45, 7) is 4.13. The van der Waals surface area contributed by atoms with Crippen LogP contribution in [0, 0.1) is 13.8 Å². The summed E-state index contributed by atoms with van der Waals surface area (Å²) < 4.78 is 21.9. The molecule has 1 fully saturated rings. The number of aliphatic carboxylic acids is 1. The Balaban J connectivity index is 1.43. The first-order valence-electron chi connectivity index (χ1n) is 11.4. The molecule has 1 amide bonds. The Labute approximate surface area is 203 Å². The van der Waals surface area contributed by atoms with Crippen LogP contribution in [0.1, 0.15) is 41.8 Å². The van der Waals surface area contributed by atoms with Gasteiger partial charge in [-0.3, -0.25) is 4.90 Å². The zero-order valence-electron chi connectivity index (χ0n) is 19.9. The highest BCUT2D eigenvalue weighted by atomic mass is 16.6. The molecule has 2 heterocycles. The predicted octanol–water partition coefficient (Wildman–Crippen LogP) is 4.71. The fourth-order valence-electron chi connectivity index (χ4n) is 4.29. The van der Waals surface area contributed by atoms with Gasteiger partial charge >= 0.3 is 12.1 Å². The van der Waals surface area contributed by atoms with Gasteiger partial charge in [-0.25, -0.2) is 14.6 Å². The smallest absolute Gasteiger partial charge is 0.416 e. The minimum atomic E-state index is -1.06. The maximum absolute atomic E-state index is 13.0. The quantitative estimate of drug-likeness (QED) is 0.493. The molecule has 1 saturated heterocycles. The SMILES string of the molecule is COc1ccc(OC(=O)N2[C@@H](C(=O)O)CC[C@@H]2c2ccc(OCCc3nc(C)oc3C)cc2)cc1. The Morgan fingerprint density at radius 3 is 2.29 bits per heavy atom. The first-order chi connectivity index (χ1) is 16.9. The molecule has 0 radical (unpaired) electrons. The number of benzene rings is 2. The average Bonchev–Trinajstić information content (AvgIpc) is 3.43. The Hall–Kier alpha value is -4.01. The Morgan fingerprint density at radius 1 is 1.03 bits per heavy atom. The second kappa shape index (κ2) is 10.5. The molecule has 1 aliphatic heterocycles. The Bertz CT molecular complexity index is 1170. The van der Waals surface area contributed by atoms with E-state index in [1.165, 1.54) is 4.90 Å². The Kier molecular flexibility index (Phi) is 7.24. The van der Waals surface area contributed by atoms with Crippen LogP contribution in [0.5, 0.6) is 17.2 Å². The molecule has 9 heteroatoms. The van der Waals surface area contributed by atoms with Gasteiger partial charge in [0.15, 0.2) is 5.89 Å². The lowest BCUT2D eigenvalue weighted by Crippen LogP contribution is -2.43. The lowest BCUT2D eigenvalue weighted by atomic mass is 10.0. The molecular formula is C26H28N2O7. The van der Waals surface area contributed by atoms with E-state index in [1.54, 1.807) is 31.4 Å². The molecule has 0 bridgehead atoms. The van der Waals surface area contributed by atoms with Gasteiger partial charge in [0, 0.05) is 13.3 Å². The fraction of sp³-hybridized carbons (Fsp3) is 0.346. The van der Waals surface area contributed by atoms with Crippen LogP contribution in [0.25, 0.3) is 0 Å². The molecule has 2 aromatic carbocycles. The number of oxazole rings is 1. The largest absolute Gasteiger partial charge is 0.497 e. The number of rotatable bonds is 8. The lowest BCUT2D eigenvalue weighted by molar-refractivity contribution is -0.141. The number of hydrogen-bond acceptors (Lipinski definition) is 7. The number of carbonyl (C=O) groups is 2. The van der Waals surface area contributed by atoms with E-state index < -0.39 is 24.1 Å². The molecule has 1 N–H and O–H groups in total. The van der Waals surface area contributed by atoms with Crippen LogP contribution >= 0.6 is 0 Å². The molecule has 0 unspecified atom stereocenters. The monoisotopic (exact) mass is 480 g/mol. The molecule has 4 rings (SSSR count). The molecule has 3 aromatic rings. The number of methoxy groups -OCH3 is 1. The van der Waals surface area contributed by atoms with Crippen molar-refractivity contribution in [2.24, 2.45) is 0 Å². The van der Waals surface area contributed by atoms with E-state index in [9.17, 15) is 14.7 Å². The third-order valence-corrected chi connectivity index (χ3v) is 6.02. The van der Waals surface area contributed by atoms with E-state index in [4.69, 9.17) is 18.6 Å². The van der Waals surface area contributed by atoms with Crippen molar-refractivity contribution in [3.05, 3.63) is 71.4 Å². The summed E-state index contributed by atoms with van der Waals surface area (Å²) in [6.07, 6.45) is 0.772. The van der Waals surface area contributed by atoms with Crippen LogP contribution in [0.2, 0.25) is 0 Å². The van der Waals surface area contributed by atoms with Gasteiger partial charge in [-0.05, 0) is 61.7 Å². The second-order valence-electron chi connectivity index (χ2n) is 8.30. The van der Waals surface area contributed by atoms with E-state index in [1.807, 2.05) is 38.1 Å². The first-order valence-corrected chi connectivity index (χ1v) is 11.4. The molecule has 9 nitrogen and oxygen atoms in total. The third kappa shape index (κ3) is 5.56. The van der Waals surface area contributed by atoms with Gasteiger partial charge in [-0.1, -0.05) is 12.1 Å². The van der Waals surface area contributed by atoms with Crippen molar-refractivity contribution < 1.29 is 33.3 Å². The van der Waals surface area contributed by atoms with Gasteiger partial charge in [-0.15, -0.1) is 0 Å². The maximum Gasteiger partial charge on any atom is 0.416 e. The number of carbonyl (C=O) groups excluding carboxylic acids is 1. The zero-order chi connectivity index (χ0) is 24.9. The number of nitrogens with zero attached hydrogens (tertiary/aromatic N) is 2. The molecule has 0 spiro atoms. The lowest BCUT2D eigenvalue weighted by Gasteiger charge is -2.27. The molecule has 184 valence electrons. The van der Waals surface area contributed by atoms with Crippen LogP contribution < -0.4 is 14.2 Å². The summed E-state index contributed by atoms with van der Waals surface area (Å²) in [5.74, 6) is 1.97. The molecule has 0 saturated carbocycles. The molecule has 2 atom stereocenters. The molecular weight excluding hydrogens is 452 g/mol. The van der Waals surface area contributed by atoms with Gasteiger partial charge < -0.3 is 23.7 Å². The van der Waals surface area contributed by atoms with Crippen LogP contribution in [0.4, 0.5) is 4.79 Å². The highest BCUT2D eigenvalue weighted by Gasteiger charge is 2.42. The molecule has 0 aliphatic carbocycles. The van der Waals surface area contributed by atoms with Crippen molar-refractivity contribution in [3.8, 4) is 17.2 Å². The van der Waals surface area contributed by atoms with Gasteiger partial charge in [0.25, 0.3) is 0 Å². The topological polar surface area (TPSA) is 111 Å². The third-order valence-electron chi connectivity index (χ3n) is 6.02. The maximum atomic E-state index is 13.0.